The van der Waals surface area contributed by atoms with Crippen molar-refractivity contribution < 1.29 is 9.50 Å². The van der Waals surface area contributed by atoms with Crippen LogP contribution in [0.4, 0.5) is 10.2 Å². The van der Waals surface area contributed by atoms with Gasteiger partial charge < -0.3 is 26.5 Å². The summed E-state index contributed by atoms with van der Waals surface area (Å²) in [6.45, 7) is -0.134. The van der Waals surface area contributed by atoms with Crippen LogP contribution in [0.2, 0.25) is 0 Å². The predicted molar refractivity (Wildman–Crippen MR) is 112 cm³/mol. The highest BCUT2D eigenvalue weighted by atomic mass is 19.1. The molecule has 29 heavy (non-hydrogen) atoms. The summed E-state index contributed by atoms with van der Waals surface area (Å²) in [5.74, 6) is 0.691. The summed E-state index contributed by atoms with van der Waals surface area (Å²) < 4.78 is 13.2. The number of anilines is 1. The first-order valence-electron chi connectivity index (χ1n) is 9.81. The molecule has 0 spiro atoms. The average Bonchev–Trinajstić information content (AvgIpc) is 2.73. The first-order chi connectivity index (χ1) is 14.1. The number of benzene rings is 1. The predicted octanol–water partition coefficient (Wildman–Crippen LogP) is 2.47. The van der Waals surface area contributed by atoms with Gasteiger partial charge in [-0.25, -0.2) is 4.39 Å². The van der Waals surface area contributed by atoms with Crippen molar-refractivity contribution in [2.75, 3.05) is 18.1 Å². The van der Waals surface area contributed by atoms with Gasteiger partial charge in [-0.3, -0.25) is 0 Å². The van der Waals surface area contributed by atoms with Crippen LogP contribution in [-0.4, -0.2) is 52.9 Å². The van der Waals surface area contributed by atoms with Gasteiger partial charge in [0.1, 0.15) is 12.4 Å². The van der Waals surface area contributed by atoms with Crippen molar-refractivity contribution in [3.8, 4) is 17.0 Å². The molecule has 2 atom stereocenters. The normalized spacial score (nSPS) is 23.3. The lowest BCUT2D eigenvalue weighted by molar-refractivity contribution is 0.157. The van der Waals surface area contributed by atoms with E-state index in [1.54, 1.807) is 24.3 Å². The van der Waals surface area contributed by atoms with Crippen molar-refractivity contribution in [2.24, 2.45) is 5.73 Å². The van der Waals surface area contributed by atoms with E-state index >= 15 is 0 Å². The summed E-state index contributed by atoms with van der Waals surface area (Å²) in [6.07, 6.45) is 5.64. The second-order valence-electron chi connectivity index (χ2n) is 7.58. The molecule has 7 nitrogen and oxygen atoms in total. The van der Waals surface area contributed by atoms with Crippen molar-refractivity contribution in [1.29, 1.82) is 5.41 Å². The highest BCUT2D eigenvalue weighted by Crippen LogP contribution is 2.34. The summed E-state index contributed by atoms with van der Waals surface area (Å²) in [4.78, 5) is 2.02. The standard InChI is InChI=1S/C21H25FN6O/c22-5-6-28(17-9-15-8-16(10-17)25-15)21-4-3-19(26-27-21)18-2-1-13(7-20(18)29)14(11-23)12-24/h1-4,7,11-12,15-17,23,25,29H,5-6,8-10,24H2/b14-12+,23-11?. The van der Waals surface area contributed by atoms with Crippen molar-refractivity contribution in [3.05, 3.63) is 42.1 Å². The Bertz CT molecular complexity index is 900. The molecule has 1 saturated carbocycles. The van der Waals surface area contributed by atoms with E-state index in [9.17, 15) is 9.50 Å². The third-order valence-electron chi connectivity index (χ3n) is 5.81. The lowest BCUT2D eigenvalue weighted by Crippen LogP contribution is -2.62. The number of rotatable bonds is 7. The highest BCUT2D eigenvalue weighted by molar-refractivity contribution is 6.08. The first-order valence-corrected chi connectivity index (χ1v) is 9.81. The van der Waals surface area contributed by atoms with Crippen molar-refractivity contribution >= 4 is 17.6 Å². The van der Waals surface area contributed by atoms with E-state index in [2.05, 4.69) is 15.5 Å². The number of hydrogen-bond acceptors (Lipinski definition) is 7. The number of halogens is 1. The van der Waals surface area contributed by atoms with Gasteiger partial charge in [0.2, 0.25) is 0 Å². The number of alkyl halides is 1. The smallest absolute Gasteiger partial charge is 0.151 e. The Morgan fingerprint density at radius 3 is 2.55 bits per heavy atom. The molecule has 2 unspecified atom stereocenters. The SMILES string of the molecule is N=C/C(=C\N)c1ccc(-c2ccc(N(CCF)C3CC4CC(C3)N4)nn2)c(O)c1. The van der Waals surface area contributed by atoms with Gasteiger partial charge in [0, 0.05) is 48.2 Å². The Morgan fingerprint density at radius 1 is 1.24 bits per heavy atom. The van der Waals surface area contributed by atoms with Crippen LogP contribution in [0.3, 0.4) is 0 Å². The zero-order valence-electron chi connectivity index (χ0n) is 16.1. The maximum absolute atomic E-state index is 13.2. The number of piperidine rings is 1. The maximum Gasteiger partial charge on any atom is 0.151 e. The average molecular weight is 396 g/mol. The summed E-state index contributed by atoms with van der Waals surface area (Å²) in [7, 11) is 0. The molecule has 5 N–H and O–H groups in total. The molecule has 8 heteroatoms. The number of allylic oxidation sites excluding steroid dienone is 1. The second kappa shape index (κ2) is 8.16. The van der Waals surface area contributed by atoms with Crippen LogP contribution in [-0.2, 0) is 0 Å². The van der Waals surface area contributed by atoms with Gasteiger partial charge in [-0.1, -0.05) is 6.07 Å². The van der Waals surface area contributed by atoms with Gasteiger partial charge in [0.05, 0.1) is 5.69 Å². The largest absolute Gasteiger partial charge is 0.507 e. The molecule has 2 aromatic rings. The van der Waals surface area contributed by atoms with Crippen LogP contribution >= 0.6 is 0 Å². The van der Waals surface area contributed by atoms with Crippen LogP contribution in [0.1, 0.15) is 24.8 Å². The maximum atomic E-state index is 13.2. The van der Waals surface area contributed by atoms with E-state index in [1.165, 1.54) is 12.6 Å². The number of nitrogens with zero attached hydrogens (tertiary/aromatic N) is 3. The number of hydrogen-bond donors (Lipinski definition) is 4. The third-order valence-corrected chi connectivity index (χ3v) is 5.81. The van der Waals surface area contributed by atoms with E-state index in [0.717, 1.165) is 19.1 Å². The summed E-state index contributed by atoms with van der Waals surface area (Å²) >= 11 is 0. The van der Waals surface area contributed by atoms with Crippen LogP contribution in [0.15, 0.2) is 36.5 Å². The molecule has 2 bridgehead atoms. The number of nitrogens with two attached hydrogens (primary N) is 1. The summed E-state index contributed by atoms with van der Waals surface area (Å²) in [5, 5.41) is 29.9. The molecule has 1 aromatic carbocycles. The number of phenols is 1. The van der Waals surface area contributed by atoms with E-state index in [1.807, 2.05) is 11.0 Å². The fourth-order valence-corrected chi connectivity index (χ4v) is 4.34. The van der Waals surface area contributed by atoms with Crippen molar-refractivity contribution in [1.82, 2.24) is 15.5 Å². The number of fused-ring (bicyclic) bond motifs is 2. The van der Waals surface area contributed by atoms with Gasteiger partial charge >= 0.3 is 0 Å². The second-order valence-corrected chi connectivity index (χ2v) is 7.58. The third kappa shape index (κ3) is 3.80. The van der Waals surface area contributed by atoms with Crippen LogP contribution < -0.4 is 16.0 Å². The quantitative estimate of drug-likeness (QED) is 0.535. The topological polar surface area (TPSA) is 111 Å². The van der Waals surface area contributed by atoms with E-state index < -0.39 is 6.67 Å². The number of phenolic OH excluding ortho intramolecular Hbond substituents is 1. The highest BCUT2D eigenvalue weighted by Gasteiger charge is 2.40. The Balaban J connectivity index is 1.56. The molecule has 2 aliphatic heterocycles. The van der Waals surface area contributed by atoms with Gasteiger partial charge in [-0.2, -0.15) is 0 Å². The van der Waals surface area contributed by atoms with E-state index in [-0.39, 0.29) is 11.8 Å². The van der Waals surface area contributed by atoms with Crippen molar-refractivity contribution in [2.45, 2.75) is 37.4 Å². The van der Waals surface area contributed by atoms with E-state index in [4.69, 9.17) is 11.1 Å². The van der Waals surface area contributed by atoms with Gasteiger partial charge in [-0.05, 0) is 49.1 Å². The molecule has 5 rings (SSSR count). The minimum absolute atomic E-state index is 0.0322. The van der Waals surface area contributed by atoms with Gasteiger partial charge in [0.15, 0.2) is 5.82 Å². The number of nitrogens with one attached hydrogen (secondary N) is 2. The minimum atomic E-state index is -0.436. The molecule has 0 amide bonds. The molecular weight excluding hydrogens is 371 g/mol. The molecule has 152 valence electrons. The summed E-state index contributed by atoms with van der Waals surface area (Å²) in [5.41, 5.74) is 7.72. The zero-order chi connectivity index (χ0) is 20.4. The van der Waals surface area contributed by atoms with Crippen LogP contribution in [0.5, 0.6) is 5.75 Å². The summed E-state index contributed by atoms with van der Waals surface area (Å²) in [6, 6.07) is 9.99. The van der Waals surface area contributed by atoms with Crippen LogP contribution in [0.25, 0.3) is 16.8 Å². The Kier molecular flexibility index (Phi) is 5.44. The Hall–Kier alpha value is -3.00. The number of aromatic hydroxyl groups is 1. The molecule has 1 aromatic heterocycles. The first kappa shape index (κ1) is 19.3. The van der Waals surface area contributed by atoms with E-state index in [0.29, 0.717) is 46.8 Å². The Labute approximate surface area is 169 Å². The van der Waals surface area contributed by atoms with Gasteiger partial charge in [-0.15, -0.1) is 10.2 Å². The molecule has 3 fully saturated rings. The Morgan fingerprint density at radius 2 is 2.00 bits per heavy atom. The lowest BCUT2D eigenvalue weighted by Gasteiger charge is -2.49. The molecule has 3 heterocycles. The fraction of sp³-hybridized carbons (Fsp3) is 0.381. The monoisotopic (exact) mass is 396 g/mol. The molecular formula is C21H25FN6O. The lowest BCUT2D eigenvalue weighted by atomic mass is 9.79. The molecule has 0 radical (unpaired) electrons. The van der Waals surface area contributed by atoms with Crippen LogP contribution in [0, 0.1) is 5.41 Å². The fourth-order valence-electron chi connectivity index (χ4n) is 4.34. The number of aromatic nitrogens is 2. The molecule has 2 saturated heterocycles. The zero-order valence-corrected chi connectivity index (χ0v) is 16.1. The minimum Gasteiger partial charge on any atom is -0.507 e. The molecule has 3 aliphatic rings. The van der Waals surface area contributed by atoms with Crippen molar-refractivity contribution in [3.63, 3.8) is 0 Å². The molecule has 1 aliphatic carbocycles. The van der Waals surface area contributed by atoms with Gasteiger partial charge in [0.25, 0.3) is 0 Å².